The highest BCUT2D eigenvalue weighted by Crippen LogP contribution is 2.28. The Morgan fingerprint density at radius 3 is 2.55 bits per heavy atom. The van der Waals surface area contributed by atoms with Crippen molar-refractivity contribution in [3.05, 3.63) is 23.3 Å². The molecule has 0 aromatic rings. The summed E-state index contributed by atoms with van der Waals surface area (Å²) in [6.07, 6.45) is 11.1. The molecule has 124 valence electrons. The lowest BCUT2D eigenvalue weighted by Gasteiger charge is -2.05. The number of carbonyl (C=O) groups is 2. The standard InChI is InChI=1S/C18H28O4/c1-2-15(19)12-10-14-11-13-17(20)16(14)8-6-4-3-5-7-9-18(21)22/h10,12,15,19H,2-9,11,13H2,1H3,(H,21,22)/b12-10+. The SMILES string of the molecule is CCC(O)/C=C/C1=C(CCCCCCCC(=O)O)C(=O)CC1. The van der Waals surface area contributed by atoms with Gasteiger partial charge >= 0.3 is 5.97 Å². The number of ketones is 1. The summed E-state index contributed by atoms with van der Waals surface area (Å²) < 4.78 is 0. The number of aliphatic hydroxyl groups is 1. The summed E-state index contributed by atoms with van der Waals surface area (Å²) in [6, 6.07) is 0. The predicted molar refractivity (Wildman–Crippen MR) is 86.7 cm³/mol. The number of allylic oxidation sites excluding steroid dienone is 3. The highest BCUT2D eigenvalue weighted by molar-refractivity contribution is 5.99. The minimum Gasteiger partial charge on any atom is -0.481 e. The molecule has 0 aromatic heterocycles. The van der Waals surface area contributed by atoms with Crippen LogP contribution in [0.25, 0.3) is 0 Å². The Balaban J connectivity index is 2.33. The lowest BCUT2D eigenvalue weighted by atomic mass is 10.0. The molecule has 1 aliphatic carbocycles. The lowest BCUT2D eigenvalue weighted by Crippen LogP contribution is -1.99. The molecular weight excluding hydrogens is 280 g/mol. The van der Waals surface area contributed by atoms with Crippen molar-refractivity contribution in [2.24, 2.45) is 0 Å². The normalized spacial score (nSPS) is 16.7. The van der Waals surface area contributed by atoms with Crippen LogP contribution in [-0.4, -0.2) is 28.1 Å². The molecule has 4 heteroatoms. The molecule has 2 N–H and O–H groups in total. The van der Waals surface area contributed by atoms with Crippen LogP contribution in [-0.2, 0) is 9.59 Å². The zero-order valence-corrected chi connectivity index (χ0v) is 13.5. The van der Waals surface area contributed by atoms with E-state index in [-0.39, 0.29) is 12.2 Å². The first kappa shape index (κ1) is 18.6. The van der Waals surface area contributed by atoms with Crippen molar-refractivity contribution in [2.75, 3.05) is 0 Å². The molecule has 22 heavy (non-hydrogen) atoms. The minimum atomic E-state index is -0.729. The van der Waals surface area contributed by atoms with Gasteiger partial charge in [-0.3, -0.25) is 9.59 Å². The molecule has 1 aliphatic rings. The molecule has 1 rings (SSSR count). The molecule has 0 aliphatic heterocycles. The van der Waals surface area contributed by atoms with Gasteiger partial charge in [0.2, 0.25) is 0 Å². The summed E-state index contributed by atoms with van der Waals surface area (Å²) in [7, 11) is 0. The van der Waals surface area contributed by atoms with Crippen molar-refractivity contribution in [2.45, 2.75) is 77.2 Å². The van der Waals surface area contributed by atoms with Crippen molar-refractivity contribution in [1.29, 1.82) is 0 Å². The van der Waals surface area contributed by atoms with Crippen molar-refractivity contribution < 1.29 is 19.8 Å². The van der Waals surface area contributed by atoms with Gasteiger partial charge in [0.1, 0.15) is 0 Å². The summed E-state index contributed by atoms with van der Waals surface area (Å²) in [5.41, 5.74) is 2.02. The smallest absolute Gasteiger partial charge is 0.303 e. The van der Waals surface area contributed by atoms with Gasteiger partial charge in [-0.1, -0.05) is 38.3 Å². The number of hydrogen-bond acceptors (Lipinski definition) is 3. The average Bonchev–Trinajstić information content (AvgIpc) is 2.84. The number of rotatable bonds is 11. The Kier molecular flexibility index (Phi) is 8.75. The molecule has 0 aromatic carbocycles. The zero-order valence-electron chi connectivity index (χ0n) is 13.5. The second kappa shape index (κ2) is 10.3. The largest absolute Gasteiger partial charge is 0.481 e. The zero-order chi connectivity index (χ0) is 16.4. The van der Waals surface area contributed by atoms with Gasteiger partial charge in [0.15, 0.2) is 5.78 Å². The third kappa shape index (κ3) is 7.03. The maximum Gasteiger partial charge on any atom is 0.303 e. The molecule has 1 unspecified atom stereocenters. The summed E-state index contributed by atoms with van der Waals surface area (Å²) in [4.78, 5) is 22.3. The van der Waals surface area contributed by atoms with Crippen LogP contribution in [0.4, 0.5) is 0 Å². The van der Waals surface area contributed by atoms with Crippen LogP contribution in [0.5, 0.6) is 0 Å². The Bertz CT molecular complexity index is 434. The molecule has 0 radical (unpaired) electrons. The molecule has 4 nitrogen and oxygen atoms in total. The topological polar surface area (TPSA) is 74.6 Å². The van der Waals surface area contributed by atoms with E-state index in [1.807, 2.05) is 13.0 Å². The van der Waals surface area contributed by atoms with E-state index >= 15 is 0 Å². The Labute approximate surface area is 132 Å². The van der Waals surface area contributed by atoms with Gasteiger partial charge < -0.3 is 10.2 Å². The van der Waals surface area contributed by atoms with Crippen LogP contribution < -0.4 is 0 Å². The fourth-order valence-corrected chi connectivity index (χ4v) is 2.68. The van der Waals surface area contributed by atoms with E-state index in [0.717, 1.165) is 56.1 Å². The highest BCUT2D eigenvalue weighted by Gasteiger charge is 2.20. The van der Waals surface area contributed by atoms with Crippen LogP contribution in [0.1, 0.15) is 71.1 Å². The fourth-order valence-electron chi connectivity index (χ4n) is 2.68. The van der Waals surface area contributed by atoms with Gasteiger partial charge in [-0.2, -0.15) is 0 Å². The van der Waals surface area contributed by atoms with Gasteiger partial charge in [0, 0.05) is 12.8 Å². The predicted octanol–water partition coefficient (Wildman–Crippen LogP) is 3.79. The second-order valence-electron chi connectivity index (χ2n) is 5.92. The van der Waals surface area contributed by atoms with Crippen molar-refractivity contribution in [1.82, 2.24) is 0 Å². The molecular formula is C18H28O4. The third-order valence-corrected chi connectivity index (χ3v) is 4.10. The van der Waals surface area contributed by atoms with Crippen molar-refractivity contribution in [3.8, 4) is 0 Å². The number of aliphatic carboxylic acids is 1. The summed E-state index contributed by atoms with van der Waals surface area (Å²) >= 11 is 0. The monoisotopic (exact) mass is 308 g/mol. The molecule has 0 heterocycles. The maximum absolute atomic E-state index is 11.9. The first-order chi connectivity index (χ1) is 10.5. The van der Waals surface area contributed by atoms with Crippen molar-refractivity contribution in [3.63, 3.8) is 0 Å². The Morgan fingerprint density at radius 1 is 1.18 bits per heavy atom. The van der Waals surface area contributed by atoms with Crippen LogP contribution in [0, 0.1) is 0 Å². The van der Waals surface area contributed by atoms with Crippen molar-refractivity contribution >= 4 is 11.8 Å². The van der Waals surface area contributed by atoms with E-state index in [1.54, 1.807) is 6.08 Å². The summed E-state index contributed by atoms with van der Waals surface area (Å²) in [5.74, 6) is -0.482. The number of hydrogen-bond donors (Lipinski definition) is 2. The minimum absolute atomic E-state index is 0.247. The van der Waals surface area contributed by atoms with Gasteiger partial charge in [-0.15, -0.1) is 0 Å². The van der Waals surface area contributed by atoms with E-state index in [0.29, 0.717) is 12.8 Å². The van der Waals surface area contributed by atoms with Crippen LogP contribution >= 0.6 is 0 Å². The van der Waals surface area contributed by atoms with Crippen LogP contribution in [0.15, 0.2) is 23.3 Å². The van der Waals surface area contributed by atoms with Gasteiger partial charge in [0.25, 0.3) is 0 Å². The van der Waals surface area contributed by atoms with Crippen LogP contribution in [0.3, 0.4) is 0 Å². The molecule has 0 bridgehead atoms. The number of unbranched alkanes of at least 4 members (excludes halogenated alkanes) is 4. The van der Waals surface area contributed by atoms with Gasteiger partial charge in [-0.05, 0) is 43.3 Å². The Hall–Kier alpha value is -1.42. The molecule has 0 saturated heterocycles. The first-order valence-corrected chi connectivity index (χ1v) is 8.37. The van der Waals surface area contributed by atoms with E-state index in [9.17, 15) is 14.7 Å². The second-order valence-corrected chi connectivity index (χ2v) is 5.92. The molecule has 0 amide bonds. The quantitative estimate of drug-likeness (QED) is 0.569. The number of carboxylic acids is 1. The van der Waals surface area contributed by atoms with E-state index in [1.165, 1.54) is 0 Å². The third-order valence-electron chi connectivity index (χ3n) is 4.10. The fraction of sp³-hybridized carbons (Fsp3) is 0.667. The summed E-state index contributed by atoms with van der Waals surface area (Å²) in [6.45, 7) is 1.93. The number of carbonyl (C=O) groups excluding carboxylic acids is 1. The number of Topliss-reactive ketones (excluding diaryl/α,β-unsaturated/α-hetero) is 1. The Morgan fingerprint density at radius 2 is 1.86 bits per heavy atom. The van der Waals surface area contributed by atoms with Crippen LogP contribution in [0.2, 0.25) is 0 Å². The number of aliphatic hydroxyl groups excluding tert-OH is 1. The molecule has 0 saturated carbocycles. The average molecular weight is 308 g/mol. The molecule has 1 atom stereocenters. The van der Waals surface area contributed by atoms with Gasteiger partial charge in [0.05, 0.1) is 6.10 Å². The number of carboxylic acid groups (broad SMARTS) is 1. The van der Waals surface area contributed by atoms with Gasteiger partial charge in [-0.25, -0.2) is 0 Å². The van der Waals surface area contributed by atoms with E-state index in [4.69, 9.17) is 5.11 Å². The summed E-state index contributed by atoms with van der Waals surface area (Å²) in [5, 5.41) is 18.1. The first-order valence-electron chi connectivity index (χ1n) is 8.37. The lowest BCUT2D eigenvalue weighted by molar-refractivity contribution is -0.137. The van der Waals surface area contributed by atoms with E-state index < -0.39 is 12.1 Å². The van der Waals surface area contributed by atoms with E-state index in [2.05, 4.69) is 0 Å². The highest BCUT2D eigenvalue weighted by atomic mass is 16.4. The maximum atomic E-state index is 11.9. The molecule has 0 fully saturated rings. The molecule has 0 spiro atoms.